The third kappa shape index (κ3) is 4.13. The number of H-pyrrole nitrogens is 1. The van der Waals surface area contributed by atoms with Crippen LogP contribution in [0.2, 0.25) is 0 Å². The molecule has 0 unspecified atom stereocenters. The molecule has 0 fully saturated rings. The highest BCUT2D eigenvalue weighted by Crippen LogP contribution is 2.33. The van der Waals surface area contributed by atoms with Crippen molar-refractivity contribution in [1.82, 2.24) is 15.3 Å². The minimum Gasteiger partial charge on any atom is -0.493 e. The number of benzene rings is 2. The zero-order valence-corrected chi connectivity index (χ0v) is 16.2. The minimum absolute atomic E-state index is 0.399. The lowest BCUT2D eigenvalue weighted by molar-refractivity contribution is 0.256. The van der Waals surface area contributed by atoms with Crippen molar-refractivity contribution in [2.45, 2.75) is 20.3 Å². The third-order valence-corrected chi connectivity index (χ3v) is 4.63. The number of aromatic nitrogens is 2. The average molecular weight is 389 g/mol. The molecule has 29 heavy (non-hydrogen) atoms. The number of hydrogen-bond donors (Lipinski definition) is 2. The number of aromatic amines is 1. The number of urea groups is 1. The molecule has 2 heterocycles. The molecule has 0 saturated carbocycles. The highest BCUT2D eigenvalue weighted by molar-refractivity contribution is 6.02. The molecule has 1 aliphatic rings. The molecule has 1 aromatic heterocycles. The van der Waals surface area contributed by atoms with Crippen molar-refractivity contribution in [1.29, 1.82) is 0 Å². The van der Waals surface area contributed by atoms with Crippen molar-refractivity contribution in [3.8, 4) is 28.3 Å². The first-order valence-electron chi connectivity index (χ1n) is 9.50. The van der Waals surface area contributed by atoms with Gasteiger partial charge >= 0.3 is 11.7 Å². The normalized spacial score (nSPS) is 12.4. The Morgan fingerprint density at radius 2 is 1.90 bits per heavy atom. The molecule has 1 aliphatic heterocycles. The number of nitrogens with one attached hydrogen (secondary N) is 2. The molecule has 0 bridgehead atoms. The molecule has 0 atom stereocenters. The SMILES string of the molecule is CC(C)CCOc1ccccc1-c1cc(-c2ccc3c(c2)[N]C(=O)N3)nc(=O)[nH]1. The summed E-state index contributed by atoms with van der Waals surface area (Å²) >= 11 is 0. The molecule has 1 radical (unpaired) electrons. The summed E-state index contributed by atoms with van der Waals surface area (Å²) in [6.07, 6.45) is 0.942. The Morgan fingerprint density at radius 3 is 2.72 bits per heavy atom. The molecule has 4 rings (SSSR count). The van der Waals surface area contributed by atoms with E-state index in [9.17, 15) is 9.59 Å². The van der Waals surface area contributed by atoms with Crippen LogP contribution in [-0.2, 0) is 0 Å². The maximum Gasteiger partial charge on any atom is 0.346 e. The third-order valence-electron chi connectivity index (χ3n) is 4.63. The molecule has 2 aromatic carbocycles. The molecule has 2 N–H and O–H groups in total. The van der Waals surface area contributed by atoms with Gasteiger partial charge in [0.25, 0.3) is 0 Å². The van der Waals surface area contributed by atoms with E-state index in [1.807, 2.05) is 24.3 Å². The second kappa shape index (κ2) is 7.79. The molecule has 147 valence electrons. The van der Waals surface area contributed by atoms with Crippen LogP contribution in [-0.4, -0.2) is 22.6 Å². The summed E-state index contributed by atoms with van der Waals surface area (Å²) in [6.45, 7) is 4.89. The number of amides is 2. The second-order valence-corrected chi connectivity index (χ2v) is 7.29. The number of ether oxygens (including phenoxy) is 1. The van der Waals surface area contributed by atoms with Crippen LogP contribution in [0.5, 0.6) is 5.75 Å². The Bertz CT molecular complexity index is 1120. The van der Waals surface area contributed by atoms with Gasteiger partial charge in [-0.1, -0.05) is 32.0 Å². The fourth-order valence-corrected chi connectivity index (χ4v) is 3.11. The Labute approximate surface area is 168 Å². The maximum atomic E-state index is 12.3. The number of carbonyl (C=O) groups excluding carboxylic acids is 1. The van der Waals surface area contributed by atoms with Gasteiger partial charge in [-0.25, -0.2) is 9.59 Å². The van der Waals surface area contributed by atoms with E-state index >= 15 is 0 Å². The number of rotatable bonds is 6. The number of nitrogens with zero attached hydrogens (tertiary/aromatic N) is 2. The van der Waals surface area contributed by atoms with Crippen LogP contribution >= 0.6 is 0 Å². The van der Waals surface area contributed by atoms with Crippen LogP contribution in [0.25, 0.3) is 22.5 Å². The number of para-hydroxylation sites is 1. The summed E-state index contributed by atoms with van der Waals surface area (Å²) in [5, 5.41) is 6.57. The van der Waals surface area contributed by atoms with Gasteiger partial charge in [0.2, 0.25) is 0 Å². The summed E-state index contributed by atoms with van der Waals surface area (Å²) in [4.78, 5) is 30.6. The van der Waals surface area contributed by atoms with Crippen molar-refractivity contribution in [2.75, 3.05) is 11.9 Å². The van der Waals surface area contributed by atoms with Gasteiger partial charge in [0.15, 0.2) is 0 Å². The van der Waals surface area contributed by atoms with Crippen LogP contribution < -0.4 is 21.1 Å². The van der Waals surface area contributed by atoms with Crippen molar-refractivity contribution in [2.24, 2.45) is 5.92 Å². The van der Waals surface area contributed by atoms with E-state index in [2.05, 4.69) is 34.4 Å². The van der Waals surface area contributed by atoms with Crippen molar-refractivity contribution >= 4 is 17.4 Å². The lowest BCUT2D eigenvalue weighted by atomic mass is 10.1. The molecule has 7 nitrogen and oxygen atoms in total. The van der Waals surface area contributed by atoms with E-state index in [4.69, 9.17) is 4.74 Å². The van der Waals surface area contributed by atoms with Gasteiger partial charge in [-0.05, 0) is 42.7 Å². The molecule has 0 aliphatic carbocycles. The summed E-state index contributed by atoms with van der Waals surface area (Å²) in [7, 11) is 0. The quantitative estimate of drug-likeness (QED) is 0.656. The molecule has 2 amide bonds. The zero-order chi connectivity index (χ0) is 20.4. The lowest BCUT2D eigenvalue weighted by Crippen LogP contribution is -2.12. The van der Waals surface area contributed by atoms with E-state index < -0.39 is 11.7 Å². The van der Waals surface area contributed by atoms with E-state index in [1.54, 1.807) is 24.3 Å². The standard InChI is InChI=1S/C22H21N4O3/c1-13(2)9-10-29-20-6-4-3-5-15(20)18-12-17(24-22(28)25-18)14-7-8-16-19(11-14)26-21(27)23-16/h3-8,11-13H,9-10H2,1-2H3,(H,23,27)(H,24,25,28). The monoisotopic (exact) mass is 389 g/mol. The van der Waals surface area contributed by atoms with E-state index in [-0.39, 0.29) is 0 Å². The van der Waals surface area contributed by atoms with Crippen LogP contribution in [0.15, 0.2) is 53.3 Å². The first kappa shape index (κ1) is 18.7. The Morgan fingerprint density at radius 1 is 1.07 bits per heavy atom. The van der Waals surface area contributed by atoms with E-state index in [1.165, 1.54) is 0 Å². The highest BCUT2D eigenvalue weighted by Gasteiger charge is 2.20. The van der Waals surface area contributed by atoms with Gasteiger partial charge in [0.1, 0.15) is 5.75 Å². The summed E-state index contributed by atoms with van der Waals surface area (Å²) in [5.74, 6) is 1.25. The predicted octanol–water partition coefficient (Wildman–Crippen LogP) is 4.31. The van der Waals surface area contributed by atoms with Gasteiger partial charge < -0.3 is 15.0 Å². The Hall–Kier alpha value is -3.61. The molecule has 0 spiro atoms. The minimum atomic E-state index is -0.457. The molecular weight excluding hydrogens is 368 g/mol. The number of fused-ring (bicyclic) bond motifs is 1. The Kier molecular flexibility index (Phi) is 5.03. The van der Waals surface area contributed by atoms with Crippen LogP contribution in [0, 0.1) is 5.92 Å². The number of carbonyl (C=O) groups is 1. The smallest absolute Gasteiger partial charge is 0.346 e. The zero-order valence-electron chi connectivity index (χ0n) is 16.2. The van der Waals surface area contributed by atoms with Gasteiger partial charge in [-0.3, -0.25) is 0 Å². The number of anilines is 1. The highest BCUT2D eigenvalue weighted by atomic mass is 16.5. The lowest BCUT2D eigenvalue weighted by Gasteiger charge is -2.13. The molecule has 7 heteroatoms. The molecule has 0 saturated heterocycles. The fraction of sp³-hybridized carbons (Fsp3) is 0.227. The van der Waals surface area contributed by atoms with Crippen molar-refractivity contribution in [3.05, 3.63) is 59.0 Å². The van der Waals surface area contributed by atoms with Gasteiger partial charge in [-0.2, -0.15) is 10.3 Å². The number of hydrogen-bond acceptors (Lipinski definition) is 4. The van der Waals surface area contributed by atoms with Crippen LogP contribution in [0.4, 0.5) is 16.2 Å². The topological polar surface area (TPSA) is 98.2 Å². The average Bonchev–Trinajstić information content (AvgIpc) is 3.06. The Balaban J connectivity index is 1.69. The molecular formula is C22H21N4O3. The summed E-state index contributed by atoms with van der Waals surface area (Å²) in [5.41, 5.74) is 3.33. The van der Waals surface area contributed by atoms with Gasteiger partial charge in [0.05, 0.1) is 29.4 Å². The van der Waals surface area contributed by atoms with Crippen LogP contribution in [0.1, 0.15) is 20.3 Å². The fourth-order valence-electron chi connectivity index (χ4n) is 3.11. The van der Waals surface area contributed by atoms with Crippen LogP contribution in [0.3, 0.4) is 0 Å². The molecule has 3 aromatic rings. The van der Waals surface area contributed by atoms with E-state index in [0.717, 1.165) is 12.0 Å². The summed E-state index contributed by atoms with van der Waals surface area (Å²) in [6, 6.07) is 14.3. The van der Waals surface area contributed by atoms with Crippen molar-refractivity contribution < 1.29 is 9.53 Å². The van der Waals surface area contributed by atoms with Gasteiger partial charge in [0, 0.05) is 11.1 Å². The second-order valence-electron chi connectivity index (χ2n) is 7.29. The predicted molar refractivity (Wildman–Crippen MR) is 111 cm³/mol. The first-order chi connectivity index (χ1) is 14.0. The van der Waals surface area contributed by atoms with E-state index in [0.29, 0.717) is 46.6 Å². The van der Waals surface area contributed by atoms with Crippen molar-refractivity contribution in [3.63, 3.8) is 0 Å². The largest absolute Gasteiger partial charge is 0.493 e. The first-order valence-corrected chi connectivity index (χ1v) is 9.50. The van der Waals surface area contributed by atoms with Gasteiger partial charge in [-0.15, -0.1) is 0 Å². The summed E-state index contributed by atoms with van der Waals surface area (Å²) < 4.78 is 5.96. The maximum absolute atomic E-state index is 12.3.